The Morgan fingerprint density at radius 2 is 1.94 bits per heavy atom. The minimum Gasteiger partial charge on any atom is -0.351 e. The van der Waals surface area contributed by atoms with Crippen LogP contribution >= 0.6 is 50.9 Å². The average Bonchev–Trinajstić information content (AvgIpc) is 3.17. The van der Waals surface area contributed by atoms with Crippen molar-refractivity contribution in [3.05, 3.63) is 56.6 Å². The Morgan fingerprint density at radius 3 is 2.68 bits per heavy atom. The van der Waals surface area contributed by atoms with Gasteiger partial charge in [0.2, 0.25) is 0 Å². The molecule has 8 heteroatoms. The van der Waals surface area contributed by atoms with Crippen LogP contribution in [-0.2, 0) is 0 Å². The van der Waals surface area contributed by atoms with Gasteiger partial charge in [0, 0.05) is 31.7 Å². The number of nitrogens with one attached hydrogen (secondary N) is 2. The lowest BCUT2D eigenvalue weighted by Crippen LogP contribution is -2.32. The van der Waals surface area contributed by atoms with E-state index >= 15 is 0 Å². The standard InChI is InChI=1S/C23H24BrCl2N3OS/c1-29-8-5-14(6-9-29)4-7-27-23(30)22-13-17-18(24)10-16(12-21(17)28-22)31-15-2-3-19(25)20(26)11-15/h2-3,10-14,28H,4-9H2,1H3,(H,27,30). The van der Waals surface area contributed by atoms with Gasteiger partial charge in [0.1, 0.15) is 5.69 Å². The van der Waals surface area contributed by atoms with Crippen molar-refractivity contribution in [3.8, 4) is 0 Å². The maximum absolute atomic E-state index is 12.7. The van der Waals surface area contributed by atoms with Crippen molar-refractivity contribution in [2.24, 2.45) is 5.92 Å². The van der Waals surface area contributed by atoms with E-state index in [2.05, 4.69) is 38.2 Å². The number of carbonyl (C=O) groups excluding carboxylic acids is 1. The first-order chi connectivity index (χ1) is 14.9. The number of benzene rings is 2. The van der Waals surface area contributed by atoms with E-state index in [1.165, 1.54) is 12.8 Å². The van der Waals surface area contributed by atoms with E-state index in [1.54, 1.807) is 17.8 Å². The molecule has 1 aliphatic heterocycles. The van der Waals surface area contributed by atoms with Gasteiger partial charge in [-0.05, 0) is 81.7 Å². The molecule has 1 amide bonds. The van der Waals surface area contributed by atoms with Crippen molar-refractivity contribution in [1.82, 2.24) is 15.2 Å². The Labute approximate surface area is 205 Å². The zero-order chi connectivity index (χ0) is 22.0. The highest BCUT2D eigenvalue weighted by molar-refractivity contribution is 9.10. The number of aromatic amines is 1. The second kappa shape index (κ2) is 10.2. The van der Waals surface area contributed by atoms with E-state index in [0.717, 1.165) is 44.7 Å². The van der Waals surface area contributed by atoms with Gasteiger partial charge in [0.25, 0.3) is 5.91 Å². The number of piperidine rings is 1. The fourth-order valence-corrected chi connectivity index (χ4v) is 5.89. The van der Waals surface area contributed by atoms with E-state index in [9.17, 15) is 4.79 Å². The van der Waals surface area contributed by atoms with E-state index in [1.807, 2.05) is 30.3 Å². The molecule has 1 saturated heterocycles. The van der Waals surface area contributed by atoms with Crippen molar-refractivity contribution in [1.29, 1.82) is 0 Å². The molecule has 2 aromatic carbocycles. The molecule has 0 radical (unpaired) electrons. The maximum atomic E-state index is 12.7. The topological polar surface area (TPSA) is 48.1 Å². The summed E-state index contributed by atoms with van der Waals surface area (Å²) in [7, 11) is 2.17. The minimum absolute atomic E-state index is 0.0605. The Kier molecular flexibility index (Phi) is 7.55. The number of amides is 1. The van der Waals surface area contributed by atoms with Crippen molar-refractivity contribution in [2.75, 3.05) is 26.7 Å². The number of H-pyrrole nitrogens is 1. The number of hydrogen-bond acceptors (Lipinski definition) is 3. The third-order valence-corrected chi connectivity index (χ3v) is 8.06. The van der Waals surface area contributed by atoms with Crippen LogP contribution in [0, 0.1) is 5.92 Å². The minimum atomic E-state index is -0.0605. The second-order valence-electron chi connectivity index (χ2n) is 8.02. The van der Waals surface area contributed by atoms with Gasteiger partial charge in [0.15, 0.2) is 0 Å². The summed E-state index contributed by atoms with van der Waals surface area (Å²) in [5, 5.41) is 5.13. The van der Waals surface area contributed by atoms with Gasteiger partial charge >= 0.3 is 0 Å². The number of carbonyl (C=O) groups is 1. The lowest BCUT2D eigenvalue weighted by atomic mass is 9.94. The van der Waals surface area contributed by atoms with Gasteiger partial charge in [-0.1, -0.05) is 50.9 Å². The SMILES string of the molecule is CN1CCC(CCNC(=O)c2cc3c(Br)cc(Sc4ccc(Cl)c(Cl)c4)cc3[nH]2)CC1. The summed E-state index contributed by atoms with van der Waals surface area (Å²) < 4.78 is 0.939. The van der Waals surface area contributed by atoms with Gasteiger partial charge < -0.3 is 15.2 Å². The number of fused-ring (bicyclic) bond motifs is 1. The van der Waals surface area contributed by atoms with Crippen LogP contribution in [0.2, 0.25) is 10.0 Å². The monoisotopic (exact) mass is 539 g/mol. The normalized spacial score (nSPS) is 15.5. The Morgan fingerprint density at radius 1 is 1.16 bits per heavy atom. The molecule has 164 valence electrons. The van der Waals surface area contributed by atoms with Crippen LogP contribution in [0.1, 0.15) is 29.8 Å². The fraction of sp³-hybridized carbons (Fsp3) is 0.348. The van der Waals surface area contributed by atoms with Crippen LogP contribution in [0.4, 0.5) is 0 Å². The van der Waals surface area contributed by atoms with Crippen LogP contribution in [0.25, 0.3) is 10.9 Å². The molecule has 2 heterocycles. The van der Waals surface area contributed by atoms with E-state index < -0.39 is 0 Å². The summed E-state index contributed by atoms with van der Waals surface area (Å²) in [6.45, 7) is 3.01. The number of nitrogens with zero attached hydrogens (tertiary/aromatic N) is 1. The van der Waals surface area contributed by atoms with Crippen molar-refractivity contribution >= 4 is 67.7 Å². The molecule has 0 unspecified atom stereocenters. The van der Waals surface area contributed by atoms with Crippen molar-refractivity contribution < 1.29 is 4.79 Å². The van der Waals surface area contributed by atoms with Crippen LogP contribution in [0.15, 0.2) is 50.7 Å². The van der Waals surface area contributed by atoms with Crippen LogP contribution in [0.5, 0.6) is 0 Å². The molecular weight excluding hydrogens is 517 g/mol. The van der Waals surface area contributed by atoms with Crippen molar-refractivity contribution in [2.45, 2.75) is 29.1 Å². The fourth-order valence-electron chi connectivity index (χ4n) is 3.86. The molecule has 0 saturated carbocycles. The predicted octanol–water partition coefficient (Wildman–Crippen LogP) is 6.85. The number of rotatable bonds is 6. The van der Waals surface area contributed by atoms with Crippen LogP contribution in [0.3, 0.4) is 0 Å². The Hall–Kier alpha value is -1.18. The summed E-state index contributed by atoms with van der Waals surface area (Å²) in [4.78, 5) is 20.3. The molecular formula is C23H24BrCl2N3OS. The molecule has 0 spiro atoms. The molecule has 4 nitrogen and oxygen atoms in total. The first-order valence-electron chi connectivity index (χ1n) is 10.3. The molecule has 0 bridgehead atoms. The van der Waals surface area contributed by atoms with Crippen molar-refractivity contribution in [3.63, 3.8) is 0 Å². The highest BCUT2D eigenvalue weighted by atomic mass is 79.9. The van der Waals surface area contributed by atoms with Gasteiger partial charge in [0.05, 0.1) is 10.0 Å². The highest BCUT2D eigenvalue weighted by Crippen LogP contribution is 2.36. The van der Waals surface area contributed by atoms with Crippen LogP contribution < -0.4 is 5.32 Å². The second-order valence-corrected chi connectivity index (χ2v) is 10.8. The first-order valence-corrected chi connectivity index (χ1v) is 12.7. The van der Waals surface area contributed by atoms with Crippen LogP contribution in [-0.4, -0.2) is 42.5 Å². The lowest BCUT2D eigenvalue weighted by molar-refractivity contribution is 0.0945. The number of halogens is 3. The number of likely N-dealkylation sites (tertiary alicyclic amines) is 1. The van der Waals surface area contributed by atoms with E-state index in [0.29, 0.717) is 28.2 Å². The zero-order valence-electron chi connectivity index (χ0n) is 17.2. The van der Waals surface area contributed by atoms with Gasteiger partial charge in [-0.2, -0.15) is 0 Å². The molecule has 1 aromatic heterocycles. The highest BCUT2D eigenvalue weighted by Gasteiger charge is 2.17. The largest absolute Gasteiger partial charge is 0.351 e. The third-order valence-electron chi connectivity index (χ3n) is 5.71. The molecule has 3 aromatic rings. The molecule has 2 N–H and O–H groups in total. The summed E-state index contributed by atoms with van der Waals surface area (Å²) >= 11 is 17.4. The van der Waals surface area contributed by atoms with Gasteiger partial charge in [-0.3, -0.25) is 4.79 Å². The number of hydrogen-bond donors (Lipinski definition) is 2. The van der Waals surface area contributed by atoms with Gasteiger partial charge in [-0.15, -0.1) is 0 Å². The molecule has 0 atom stereocenters. The number of aromatic nitrogens is 1. The smallest absolute Gasteiger partial charge is 0.267 e. The molecule has 31 heavy (non-hydrogen) atoms. The summed E-state index contributed by atoms with van der Waals surface area (Å²) in [6, 6.07) is 11.6. The quantitative estimate of drug-likeness (QED) is 0.359. The molecule has 4 rings (SSSR count). The van der Waals surface area contributed by atoms with Gasteiger partial charge in [-0.25, -0.2) is 0 Å². The molecule has 1 fully saturated rings. The zero-order valence-corrected chi connectivity index (χ0v) is 21.1. The summed E-state index contributed by atoms with van der Waals surface area (Å²) in [5.41, 5.74) is 1.49. The Bertz CT molecular complexity index is 1100. The predicted molar refractivity (Wildman–Crippen MR) is 134 cm³/mol. The lowest BCUT2D eigenvalue weighted by Gasteiger charge is -2.28. The average molecular weight is 541 g/mol. The summed E-state index contributed by atoms with van der Waals surface area (Å²) in [6.07, 6.45) is 3.46. The Balaban J connectivity index is 1.41. The summed E-state index contributed by atoms with van der Waals surface area (Å²) in [5.74, 6) is 0.643. The van der Waals surface area contributed by atoms with E-state index in [-0.39, 0.29) is 5.91 Å². The van der Waals surface area contributed by atoms with E-state index in [4.69, 9.17) is 23.2 Å². The molecule has 1 aliphatic rings. The molecule has 0 aliphatic carbocycles. The third kappa shape index (κ3) is 5.79. The first kappa shape index (κ1) is 23.0. The maximum Gasteiger partial charge on any atom is 0.267 e.